The topological polar surface area (TPSA) is 98.3 Å². The largest absolute Gasteiger partial charge is 0.396 e. The van der Waals surface area contributed by atoms with Crippen LogP contribution in [0.2, 0.25) is 5.02 Å². The number of aliphatic hydroxyl groups is 1. The van der Waals surface area contributed by atoms with E-state index in [1.54, 1.807) is 36.2 Å². The van der Waals surface area contributed by atoms with Crippen LogP contribution in [0, 0.1) is 5.41 Å². The molecular formula is C20H25ClN4O3. The van der Waals surface area contributed by atoms with Crippen molar-refractivity contribution >= 4 is 29.0 Å². The van der Waals surface area contributed by atoms with Crippen LogP contribution in [-0.2, 0) is 0 Å². The number of benzene rings is 1. The van der Waals surface area contributed by atoms with Gasteiger partial charge in [0.1, 0.15) is 5.82 Å². The molecule has 1 aliphatic rings. The Bertz CT molecular complexity index is 893. The standard InChI is InChI=1S/C20H25ClN4O3/c1-25(17-7-10-22-19(28)24-17)14-5-6-16(21)15(11-14)18(27)23-12-20(13-26)8-3-2-4-9-20/h5-7,10-11,26H,2-4,8-9,12-13H2,1H3,(H,23,27)(H,22,24,28). The van der Waals surface area contributed by atoms with Gasteiger partial charge in [-0.2, -0.15) is 0 Å². The van der Waals surface area contributed by atoms with Crippen LogP contribution in [-0.4, -0.2) is 41.2 Å². The summed E-state index contributed by atoms with van der Waals surface area (Å²) in [4.78, 5) is 32.2. The summed E-state index contributed by atoms with van der Waals surface area (Å²) in [5.41, 5.74) is 0.362. The number of aromatic amines is 1. The lowest BCUT2D eigenvalue weighted by Gasteiger charge is -2.35. The summed E-state index contributed by atoms with van der Waals surface area (Å²) in [6.07, 6.45) is 6.56. The Morgan fingerprint density at radius 3 is 2.75 bits per heavy atom. The Kier molecular flexibility index (Phi) is 6.36. The quantitative estimate of drug-likeness (QED) is 0.687. The molecule has 0 atom stereocenters. The molecular weight excluding hydrogens is 380 g/mol. The molecule has 1 aliphatic carbocycles. The van der Waals surface area contributed by atoms with Crippen molar-refractivity contribution in [1.82, 2.24) is 15.3 Å². The molecule has 3 rings (SSSR count). The Labute approximate surface area is 168 Å². The minimum atomic E-state index is -0.446. The number of H-pyrrole nitrogens is 1. The average Bonchev–Trinajstić information content (AvgIpc) is 2.72. The number of aliphatic hydroxyl groups excluding tert-OH is 1. The third-order valence-corrected chi connectivity index (χ3v) is 5.81. The van der Waals surface area contributed by atoms with Crippen LogP contribution in [0.5, 0.6) is 0 Å². The van der Waals surface area contributed by atoms with E-state index in [0.717, 1.165) is 25.7 Å². The number of nitrogens with one attached hydrogen (secondary N) is 2. The van der Waals surface area contributed by atoms with Crippen LogP contribution < -0.4 is 15.9 Å². The van der Waals surface area contributed by atoms with Gasteiger partial charge >= 0.3 is 5.69 Å². The van der Waals surface area contributed by atoms with Crippen LogP contribution in [0.1, 0.15) is 42.5 Å². The molecule has 0 saturated heterocycles. The van der Waals surface area contributed by atoms with E-state index in [4.69, 9.17) is 11.6 Å². The molecule has 0 bridgehead atoms. The lowest BCUT2D eigenvalue weighted by molar-refractivity contribution is 0.0718. The van der Waals surface area contributed by atoms with Crippen LogP contribution >= 0.6 is 11.6 Å². The fraction of sp³-hybridized carbons (Fsp3) is 0.450. The van der Waals surface area contributed by atoms with Crippen molar-refractivity contribution in [2.75, 3.05) is 25.1 Å². The van der Waals surface area contributed by atoms with Gasteiger partial charge in [-0.05, 0) is 37.1 Å². The maximum Gasteiger partial charge on any atom is 0.346 e. The van der Waals surface area contributed by atoms with E-state index < -0.39 is 5.69 Å². The van der Waals surface area contributed by atoms with Gasteiger partial charge in [0.25, 0.3) is 5.91 Å². The predicted molar refractivity (Wildman–Crippen MR) is 109 cm³/mol. The second-order valence-electron chi connectivity index (χ2n) is 7.38. The number of amides is 1. The Morgan fingerprint density at radius 2 is 2.07 bits per heavy atom. The molecule has 28 heavy (non-hydrogen) atoms. The predicted octanol–water partition coefficient (Wildman–Crippen LogP) is 2.86. The van der Waals surface area contributed by atoms with Crippen molar-refractivity contribution < 1.29 is 9.90 Å². The van der Waals surface area contributed by atoms with Gasteiger partial charge in [0.05, 0.1) is 17.2 Å². The van der Waals surface area contributed by atoms with E-state index in [2.05, 4.69) is 15.3 Å². The number of carbonyl (C=O) groups is 1. The van der Waals surface area contributed by atoms with Crippen LogP contribution in [0.25, 0.3) is 0 Å². The highest BCUT2D eigenvalue weighted by molar-refractivity contribution is 6.34. The molecule has 1 heterocycles. The second kappa shape index (κ2) is 8.75. The van der Waals surface area contributed by atoms with Gasteiger partial charge in [0.15, 0.2) is 0 Å². The number of hydrogen-bond acceptors (Lipinski definition) is 5. The molecule has 1 amide bonds. The molecule has 2 aromatic rings. The molecule has 0 spiro atoms. The minimum Gasteiger partial charge on any atom is -0.396 e. The Hall–Kier alpha value is -2.38. The molecule has 0 aliphatic heterocycles. The number of rotatable bonds is 6. The van der Waals surface area contributed by atoms with Crippen molar-refractivity contribution in [3.05, 3.63) is 51.5 Å². The monoisotopic (exact) mass is 404 g/mol. The molecule has 7 nitrogen and oxygen atoms in total. The summed E-state index contributed by atoms with van der Waals surface area (Å²) in [6.45, 7) is 0.496. The van der Waals surface area contributed by atoms with E-state index in [1.165, 1.54) is 12.6 Å². The molecule has 0 unspecified atom stereocenters. The Morgan fingerprint density at radius 1 is 1.32 bits per heavy atom. The molecule has 0 radical (unpaired) electrons. The van der Waals surface area contributed by atoms with E-state index in [-0.39, 0.29) is 17.9 Å². The lowest BCUT2D eigenvalue weighted by atomic mass is 9.74. The van der Waals surface area contributed by atoms with Gasteiger partial charge in [0.2, 0.25) is 0 Å². The fourth-order valence-corrected chi connectivity index (χ4v) is 3.85. The number of anilines is 2. The fourth-order valence-electron chi connectivity index (χ4n) is 3.65. The van der Waals surface area contributed by atoms with Gasteiger partial charge in [-0.25, -0.2) is 9.78 Å². The number of halogens is 1. The van der Waals surface area contributed by atoms with Crippen molar-refractivity contribution in [3.8, 4) is 0 Å². The SMILES string of the molecule is CN(c1ccc(Cl)c(C(=O)NCC2(CO)CCCCC2)c1)c1ccnc(=O)[nH]1. The summed E-state index contributed by atoms with van der Waals surface area (Å²) < 4.78 is 0. The van der Waals surface area contributed by atoms with Crippen molar-refractivity contribution in [3.63, 3.8) is 0 Å². The summed E-state index contributed by atoms with van der Waals surface area (Å²) in [5.74, 6) is 0.275. The third-order valence-electron chi connectivity index (χ3n) is 5.48. The van der Waals surface area contributed by atoms with Gasteiger partial charge in [0, 0.05) is 30.9 Å². The van der Waals surface area contributed by atoms with Crippen LogP contribution in [0.4, 0.5) is 11.5 Å². The third kappa shape index (κ3) is 4.54. The van der Waals surface area contributed by atoms with E-state index in [1.807, 2.05) is 0 Å². The zero-order valence-electron chi connectivity index (χ0n) is 15.9. The summed E-state index contributed by atoms with van der Waals surface area (Å²) in [5, 5.41) is 13.1. The van der Waals surface area contributed by atoms with E-state index in [9.17, 15) is 14.7 Å². The first kappa shape index (κ1) is 20.4. The first-order valence-electron chi connectivity index (χ1n) is 9.42. The van der Waals surface area contributed by atoms with Gasteiger partial charge in [-0.1, -0.05) is 30.9 Å². The number of carbonyl (C=O) groups excluding carboxylic acids is 1. The molecule has 1 fully saturated rings. The lowest BCUT2D eigenvalue weighted by Crippen LogP contribution is -2.41. The normalized spacial score (nSPS) is 15.8. The minimum absolute atomic E-state index is 0.0686. The highest BCUT2D eigenvalue weighted by Crippen LogP contribution is 2.35. The average molecular weight is 405 g/mol. The number of aromatic nitrogens is 2. The van der Waals surface area contributed by atoms with Crippen molar-refractivity contribution in [2.24, 2.45) is 5.41 Å². The summed E-state index contributed by atoms with van der Waals surface area (Å²) >= 11 is 6.26. The summed E-state index contributed by atoms with van der Waals surface area (Å²) in [6, 6.07) is 6.78. The maximum atomic E-state index is 12.8. The molecule has 1 aromatic heterocycles. The van der Waals surface area contributed by atoms with Gasteiger partial charge < -0.3 is 15.3 Å². The van der Waals surface area contributed by atoms with Crippen LogP contribution in [0.15, 0.2) is 35.3 Å². The van der Waals surface area contributed by atoms with Gasteiger partial charge in [-0.3, -0.25) is 9.78 Å². The molecule has 1 aromatic carbocycles. The first-order valence-corrected chi connectivity index (χ1v) is 9.80. The first-order chi connectivity index (χ1) is 13.4. The highest BCUT2D eigenvalue weighted by Gasteiger charge is 2.32. The van der Waals surface area contributed by atoms with E-state index in [0.29, 0.717) is 28.6 Å². The van der Waals surface area contributed by atoms with Gasteiger partial charge in [-0.15, -0.1) is 0 Å². The molecule has 150 valence electrons. The van der Waals surface area contributed by atoms with Crippen molar-refractivity contribution in [1.29, 1.82) is 0 Å². The molecule has 3 N–H and O–H groups in total. The van der Waals surface area contributed by atoms with Crippen LogP contribution in [0.3, 0.4) is 0 Å². The van der Waals surface area contributed by atoms with E-state index >= 15 is 0 Å². The Balaban J connectivity index is 1.77. The smallest absolute Gasteiger partial charge is 0.346 e. The zero-order chi connectivity index (χ0) is 20.1. The summed E-state index contributed by atoms with van der Waals surface area (Å²) in [7, 11) is 1.78. The number of nitrogens with zero attached hydrogens (tertiary/aromatic N) is 2. The zero-order valence-corrected chi connectivity index (χ0v) is 16.6. The molecule has 1 saturated carbocycles. The van der Waals surface area contributed by atoms with Crippen molar-refractivity contribution in [2.45, 2.75) is 32.1 Å². The molecule has 8 heteroatoms. The highest BCUT2D eigenvalue weighted by atomic mass is 35.5. The second-order valence-corrected chi connectivity index (χ2v) is 7.79. The maximum absolute atomic E-state index is 12.8. The number of hydrogen-bond donors (Lipinski definition) is 3.